The molecule has 2 N–H and O–H groups in total. The maximum atomic E-state index is 11.6. The average molecular weight is 234 g/mol. The standard InChI is InChI=1S/C8H10N8O/c1-16(2)6-4-9-5(3-10-6)7(17)11-8-12-14-15-13-8/h3-4H,1-2H3,(H2,11,12,13,14,15,17). The highest BCUT2D eigenvalue weighted by atomic mass is 16.2. The molecule has 88 valence electrons. The predicted molar refractivity (Wildman–Crippen MR) is 58.5 cm³/mol. The number of anilines is 2. The van der Waals surface area contributed by atoms with E-state index in [-0.39, 0.29) is 11.6 Å². The fraction of sp³-hybridized carbons (Fsp3) is 0.250. The van der Waals surface area contributed by atoms with Gasteiger partial charge in [-0.25, -0.2) is 9.97 Å². The molecule has 0 saturated carbocycles. The van der Waals surface area contributed by atoms with Crippen molar-refractivity contribution in [3.05, 3.63) is 18.1 Å². The van der Waals surface area contributed by atoms with Crippen molar-refractivity contribution < 1.29 is 4.79 Å². The van der Waals surface area contributed by atoms with Crippen LogP contribution in [0.4, 0.5) is 11.8 Å². The fourth-order valence-electron chi connectivity index (χ4n) is 1.05. The van der Waals surface area contributed by atoms with Crippen molar-refractivity contribution in [2.75, 3.05) is 24.3 Å². The van der Waals surface area contributed by atoms with Crippen LogP contribution in [0, 0.1) is 0 Å². The highest BCUT2D eigenvalue weighted by Gasteiger charge is 2.10. The molecule has 2 rings (SSSR count). The second-order valence-corrected chi connectivity index (χ2v) is 3.34. The number of hydrogen-bond acceptors (Lipinski definition) is 7. The van der Waals surface area contributed by atoms with Gasteiger partial charge in [0.1, 0.15) is 11.5 Å². The number of nitrogens with one attached hydrogen (secondary N) is 2. The van der Waals surface area contributed by atoms with Crippen molar-refractivity contribution in [3.63, 3.8) is 0 Å². The van der Waals surface area contributed by atoms with Crippen LogP contribution in [0.2, 0.25) is 0 Å². The van der Waals surface area contributed by atoms with E-state index < -0.39 is 5.91 Å². The summed E-state index contributed by atoms with van der Waals surface area (Å²) < 4.78 is 0. The Morgan fingerprint density at radius 1 is 1.35 bits per heavy atom. The number of carbonyl (C=O) groups is 1. The normalized spacial score (nSPS) is 10.0. The van der Waals surface area contributed by atoms with Gasteiger partial charge in [-0.05, 0) is 5.21 Å². The predicted octanol–water partition coefficient (Wildman–Crippen LogP) is -0.692. The summed E-state index contributed by atoms with van der Waals surface area (Å²) in [6.45, 7) is 0. The third-order valence-electron chi connectivity index (χ3n) is 1.90. The minimum atomic E-state index is -0.441. The first-order chi connectivity index (χ1) is 8.16. The lowest BCUT2D eigenvalue weighted by Gasteiger charge is -2.09. The van der Waals surface area contributed by atoms with Crippen molar-refractivity contribution in [1.82, 2.24) is 30.6 Å². The number of tetrazole rings is 1. The second kappa shape index (κ2) is 4.51. The molecule has 9 heteroatoms. The highest BCUT2D eigenvalue weighted by molar-refractivity contribution is 6.01. The minimum Gasteiger partial charge on any atom is -0.361 e. The summed E-state index contributed by atoms with van der Waals surface area (Å²) in [5, 5.41) is 15.1. The molecule has 0 spiro atoms. The number of rotatable bonds is 3. The van der Waals surface area contributed by atoms with Gasteiger partial charge in [0.05, 0.1) is 12.4 Å². The van der Waals surface area contributed by atoms with Crippen LogP contribution < -0.4 is 10.2 Å². The average Bonchev–Trinajstić information content (AvgIpc) is 2.82. The van der Waals surface area contributed by atoms with Gasteiger partial charge in [-0.2, -0.15) is 5.21 Å². The lowest BCUT2D eigenvalue weighted by molar-refractivity contribution is 0.102. The largest absolute Gasteiger partial charge is 0.361 e. The Labute approximate surface area is 96.3 Å². The monoisotopic (exact) mass is 234 g/mol. The number of aromatic amines is 1. The summed E-state index contributed by atoms with van der Waals surface area (Å²) in [4.78, 5) is 21.5. The Morgan fingerprint density at radius 3 is 2.71 bits per heavy atom. The van der Waals surface area contributed by atoms with Gasteiger partial charge in [0.2, 0.25) is 0 Å². The van der Waals surface area contributed by atoms with Crippen LogP contribution in [0.1, 0.15) is 10.5 Å². The number of H-pyrrole nitrogens is 1. The minimum absolute atomic E-state index is 0.0912. The van der Waals surface area contributed by atoms with Gasteiger partial charge in [-0.15, -0.1) is 5.10 Å². The number of nitrogens with zero attached hydrogens (tertiary/aromatic N) is 6. The van der Waals surface area contributed by atoms with Gasteiger partial charge in [0, 0.05) is 14.1 Å². The lowest BCUT2D eigenvalue weighted by Crippen LogP contribution is -2.17. The zero-order valence-electron chi connectivity index (χ0n) is 9.25. The van der Waals surface area contributed by atoms with Crippen LogP contribution in [0.15, 0.2) is 12.4 Å². The molecule has 0 unspecified atom stereocenters. The summed E-state index contributed by atoms with van der Waals surface area (Å²) in [5.41, 5.74) is 0.181. The van der Waals surface area contributed by atoms with Crippen molar-refractivity contribution in [3.8, 4) is 0 Å². The number of carbonyl (C=O) groups excluding carboxylic acids is 1. The second-order valence-electron chi connectivity index (χ2n) is 3.34. The summed E-state index contributed by atoms with van der Waals surface area (Å²) in [5.74, 6) is 0.318. The molecule has 2 heterocycles. The molecule has 0 aliphatic rings. The highest BCUT2D eigenvalue weighted by Crippen LogP contribution is 2.05. The van der Waals surface area contributed by atoms with Crippen LogP contribution in [-0.2, 0) is 0 Å². The third-order valence-corrected chi connectivity index (χ3v) is 1.90. The zero-order valence-corrected chi connectivity index (χ0v) is 9.25. The molecule has 0 aliphatic carbocycles. The summed E-state index contributed by atoms with van der Waals surface area (Å²) in [6.07, 6.45) is 2.88. The van der Waals surface area contributed by atoms with E-state index in [1.54, 1.807) is 4.90 Å². The van der Waals surface area contributed by atoms with E-state index in [0.717, 1.165) is 0 Å². The van der Waals surface area contributed by atoms with E-state index in [9.17, 15) is 4.79 Å². The van der Waals surface area contributed by atoms with Gasteiger partial charge < -0.3 is 4.90 Å². The maximum absolute atomic E-state index is 11.6. The molecule has 1 amide bonds. The number of amides is 1. The van der Waals surface area contributed by atoms with Crippen LogP contribution in [0.5, 0.6) is 0 Å². The molecule has 0 radical (unpaired) electrons. The Morgan fingerprint density at radius 2 is 2.18 bits per heavy atom. The molecule has 2 aromatic heterocycles. The quantitative estimate of drug-likeness (QED) is 0.722. The molecular weight excluding hydrogens is 224 g/mol. The first-order valence-electron chi connectivity index (χ1n) is 4.71. The van der Waals surface area contributed by atoms with Crippen LogP contribution in [0.3, 0.4) is 0 Å². The molecule has 0 saturated heterocycles. The SMILES string of the molecule is CN(C)c1cnc(C(=O)Nc2nn[nH]n2)cn1. The molecule has 9 nitrogen and oxygen atoms in total. The first kappa shape index (κ1) is 10.9. The number of hydrogen-bond donors (Lipinski definition) is 2. The van der Waals surface area contributed by atoms with Gasteiger partial charge in [-0.1, -0.05) is 5.10 Å². The van der Waals surface area contributed by atoms with E-state index in [1.165, 1.54) is 12.4 Å². The third kappa shape index (κ3) is 2.51. The van der Waals surface area contributed by atoms with Crippen molar-refractivity contribution in [2.24, 2.45) is 0 Å². The molecular formula is C8H10N8O. The van der Waals surface area contributed by atoms with E-state index in [4.69, 9.17) is 0 Å². The van der Waals surface area contributed by atoms with Crippen molar-refractivity contribution >= 4 is 17.7 Å². The number of aromatic nitrogens is 6. The molecule has 0 aromatic carbocycles. The van der Waals surface area contributed by atoms with Gasteiger partial charge in [0.15, 0.2) is 0 Å². The Bertz CT molecular complexity index is 491. The van der Waals surface area contributed by atoms with E-state index in [1.807, 2.05) is 14.1 Å². The van der Waals surface area contributed by atoms with E-state index >= 15 is 0 Å². The van der Waals surface area contributed by atoms with Crippen LogP contribution >= 0.6 is 0 Å². The molecule has 0 atom stereocenters. The van der Waals surface area contributed by atoms with Gasteiger partial charge >= 0.3 is 0 Å². The topological polar surface area (TPSA) is 113 Å². The molecule has 0 aliphatic heterocycles. The summed E-state index contributed by atoms with van der Waals surface area (Å²) >= 11 is 0. The Kier molecular flexibility index (Phi) is 2.90. The van der Waals surface area contributed by atoms with Crippen LogP contribution in [0.25, 0.3) is 0 Å². The van der Waals surface area contributed by atoms with E-state index in [2.05, 4.69) is 35.9 Å². The Balaban J connectivity index is 2.09. The van der Waals surface area contributed by atoms with Gasteiger partial charge in [-0.3, -0.25) is 10.1 Å². The molecule has 0 bridgehead atoms. The molecule has 2 aromatic rings. The van der Waals surface area contributed by atoms with E-state index in [0.29, 0.717) is 5.82 Å². The smallest absolute Gasteiger partial charge is 0.278 e. The van der Waals surface area contributed by atoms with Gasteiger partial charge in [0.25, 0.3) is 11.9 Å². The van der Waals surface area contributed by atoms with Crippen molar-refractivity contribution in [2.45, 2.75) is 0 Å². The van der Waals surface area contributed by atoms with Crippen LogP contribution in [-0.4, -0.2) is 50.6 Å². The molecule has 17 heavy (non-hydrogen) atoms. The lowest BCUT2D eigenvalue weighted by atomic mass is 10.4. The first-order valence-corrected chi connectivity index (χ1v) is 4.71. The van der Waals surface area contributed by atoms with Crippen molar-refractivity contribution in [1.29, 1.82) is 0 Å². The molecule has 0 fully saturated rings. The fourth-order valence-corrected chi connectivity index (χ4v) is 1.05. The zero-order chi connectivity index (χ0) is 12.3. The summed E-state index contributed by atoms with van der Waals surface area (Å²) in [6, 6.07) is 0. The Hall–Kier alpha value is -2.58. The summed E-state index contributed by atoms with van der Waals surface area (Å²) in [7, 11) is 3.67. The maximum Gasteiger partial charge on any atom is 0.278 e.